The second-order valence-corrected chi connectivity index (χ2v) is 4.97. The number of benzene rings is 1. The monoisotopic (exact) mass is 282 g/mol. The second-order valence-electron chi connectivity index (χ2n) is 4.97. The van der Waals surface area contributed by atoms with Gasteiger partial charge in [-0.2, -0.15) is 5.10 Å². The lowest BCUT2D eigenvalue weighted by Crippen LogP contribution is -2.25. The summed E-state index contributed by atoms with van der Waals surface area (Å²) in [5, 5.41) is 7.70. The van der Waals surface area contributed by atoms with Crippen molar-refractivity contribution in [2.75, 3.05) is 0 Å². The Hall–Kier alpha value is -2.40. The van der Waals surface area contributed by atoms with Crippen LogP contribution in [0.4, 0.5) is 0 Å². The van der Waals surface area contributed by atoms with Crippen molar-refractivity contribution in [1.29, 1.82) is 0 Å². The minimum atomic E-state index is 0.151. The summed E-state index contributed by atoms with van der Waals surface area (Å²) in [5.74, 6) is 1.87. The topological polar surface area (TPSA) is 55.9 Å². The van der Waals surface area contributed by atoms with Crippen LogP contribution in [0, 0.1) is 6.92 Å². The van der Waals surface area contributed by atoms with Crippen molar-refractivity contribution in [3.05, 3.63) is 72.2 Å². The Balaban J connectivity index is 1.72. The average Bonchev–Trinajstić information content (AvgIpc) is 3.16. The van der Waals surface area contributed by atoms with Crippen molar-refractivity contribution in [3.8, 4) is 0 Å². The molecule has 1 atom stereocenters. The molecule has 2 aromatic heterocycles. The molecule has 5 heteroatoms. The molecule has 3 aromatic rings. The maximum Gasteiger partial charge on any atom is 0.137 e. The summed E-state index contributed by atoms with van der Waals surface area (Å²) in [4.78, 5) is 4.00. The number of hydrogen-bond donors (Lipinski definition) is 1. The molecule has 2 heterocycles. The number of furan rings is 1. The molecule has 5 nitrogen and oxygen atoms in total. The molecule has 1 unspecified atom stereocenters. The van der Waals surface area contributed by atoms with Gasteiger partial charge < -0.3 is 9.73 Å². The van der Waals surface area contributed by atoms with Crippen LogP contribution in [0.3, 0.4) is 0 Å². The van der Waals surface area contributed by atoms with Gasteiger partial charge in [0.2, 0.25) is 0 Å². The molecule has 0 spiro atoms. The fourth-order valence-electron chi connectivity index (χ4n) is 2.29. The van der Waals surface area contributed by atoms with Crippen LogP contribution in [-0.2, 0) is 13.1 Å². The van der Waals surface area contributed by atoms with Crippen molar-refractivity contribution in [2.24, 2.45) is 0 Å². The van der Waals surface area contributed by atoms with Crippen LogP contribution in [0.25, 0.3) is 0 Å². The van der Waals surface area contributed by atoms with E-state index in [1.54, 1.807) is 12.7 Å². The van der Waals surface area contributed by atoms with Crippen molar-refractivity contribution >= 4 is 0 Å². The molecule has 0 aliphatic heterocycles. The van der Waals surface area contributed by atoms with Gasteiger partial charge in [0.05, 0.1) is 19.1 Å². The standard InChI is InChI=1S/C16H18N4O/c1-13-7-8-15(21-13)9-18-16(10-20-12-17-11-19-20)14-5-3-2-4-6-14/h2-8,11-12,16,18H,9-10H2,1H3. The van der Waals surface area contributed by atoms with Crippen molar-refractivity contribution in [2.45, 2.75) is 26.1 Å². The van der Waals surface area contributed by atoms with Crippen LogP contribution in [0.2, 0.25) is 0 Å². The first-order valence-electron chi connectivity index (χ1n) is 6.97. The van der Waals surface area contributed by atoms with Crippen LogP contribution >= 0.6 is 0 Å². The van der Waals surface area contributed by atoms with Gasteiger partial charge in [0, 0.05) is 0 Å². The summed E-state index contributed by atoms with van der Waals surface area (Å²) in [7, 11) is 0. The van der Waals surface area contributed by atoms with Crippen LogP contribution < -0.4 is 5.32 Å². The van der Waals surface area contributed by atoms with E-state index < -0.39 is 0 Å². The van der Waals surface area contributed by atoms with E-state index in [9.17, 15) is 0 Å². The van der Waals surface area contributed by atoms with Gasteiger partial charge in [-0.15, -0.1) is 0 Å². The first kappa shape index (κ1) is 13.6. The Bertz CT molecular complexity index is 661. The molecule has 0 radical (unpaired) electrons. The quantitative estimate of drug-likeness (QED) is 0.755. The molecule has 1 N–H and O–H groups in total. The summed E-state index contributed by atoms with van der Waals surface area (Å²) in [6.45, 7) is 3.36. The van der Waals surface area contributed by atoms with Gasteiger partial charge in [-0.3, -0.25) is 4.68 Å². The smallest absolute Gasteiger partial charge is 0.137 e. The van der Waals surface area contributed by atoms with Crippen molar-refractivity contribution in [1.82, 2.24) is 20.1 Å². The lowest BCUT2D eigenvalue weighted by atomic mass is 10.1. The van der Waals surface area contributed by atoms with E-state index in [-0.39, 0.29) is 6.04 Å². The summed E-state index contributed by atoms with van der Waals surface area (Å²) in [5.41, 5.74) is 1.22. The number of hydrogen-bond acceptors (Lipinski definition) is 4. The normalized spacial score (nSPS) is 12.4. The summed E-state index contributed by atoms with van der Waals surface area (Å²) < 4.78 is 7.44. The Morgan fingerprint density at radius 1 is 1.19 bits per heavy atom. The first-order valence-corrected chi connectivity index (χ1v) is 6.97. The third-order valence-electron chi connectivity index (χ3n) is 3.36. The zero-order valence-corrected chi connectivity index (χ0v) is 11.9. The second kappa shape index (κ2) is 6.37. The number of rotatable bonds is 6. The Kier molecular flexibility index (Phi) is 4.12. The number of aromatic nitrogens is 3. The third kappa shape index (κ3) is 3.58. The summed E-state index contributed by atoms with van der Waals surface area (Å²) in [6.07, 6.45) is 3.28. The maximum absolute atomic E-state index is 5.61. The highest BCUT2D eigenvalue weighted by molar-refractivity contribution is 5.19. The SMILES string of the molecule is Cc1ccc(CNC(Cn2cncn2)c2ccccc2)o1. The van der Waals surface area contributed by atoms with E-state index in [2.05, 4.69) is 27.5 Å². The van der Waals surface area contributed by atoms with E-state index in [0.29, 0.717) is 6.54 Å². The highest BCUT2D eigenvalue weighted by atomic mass is 16.3. The Labute approximate surface area is 123 Å². The van der Waals surface area contributed by atoms with Gasteiger partial charge in [0.25, 0.3) is 0 Å². The molecule has 0 amide bonds. The number of aryl methyl sites for hydroxylation is 1. The lowest BCUT2D eigenvalue weighted by molar-refractivity contribution is 0.399. The zero-order valence-electron chi connectivity index (χ0n) is 11.9. The van der Waals surface area contributed by atoms with Crippen LogP contribution in [0.15, 0.2) is 59.5 Å². The van der Waals surface area contributed by atoms with E-state index >= 15 is 0 Å². The molecule has 0 fully saturated rings. The third-order valence-corrected chi connectivity index (χ3v) is 3.36. The van der Waals surface area contributed by atoms with Gasteiger partial charge in [0.15, 0.2) is 0 Å². The van der Waals surface area contributed by atoms with E-state index in [1.165, 1.54) is 5.56 Å². The van der Waals surface area contributed by atoms with E-state index in [1.807, 2.05) is 41.9 Å². The fraction of sp³-hybridized carbons (Fsp3) is 0.250. The van der Waals surface area contributed by atoms with Gasteiger partial charge in [-0.05, 0) is 24.6 Å². The van der Waals surface area contributed by atoms with E-state index in [4.69, 9.17) is 4.42 Å². The van der Waals surface area contributed by atoms with Gasteiger partial charge in [-0.1, -0.05) is 30.3 Å². The average molecular weight is 282 g/mol. The molecule has 0 aliphatic carbocycles. The predicted molar refractivity (Wildman–Crippen MR) is 79.5 cm³/mol. The number of nitrogens with zero attached hydrogens (tertiary/aromatic N) is 3. The summed E-state index contributed by atoms with van der Waals surface area (Å²) >= 11 is 0. The molecule has 21 heavy (non-hydrogen) atoms. The number of nitrogens with one attached hydrogen (secondary N) is 1. The molecular formula is C16H18N4O. The maximum atomic E-state index is 5.61. The molecule has 0 saturated carbocycles. The van der Waals surface area contributed by atoms with Gasteiger partial charge >= 0.3 is 0 Å². The molecule has 0 saturated heterocycles. The van der Waals surface area contributed by atoms with Crippen LogP contribution in [0.1, 0.15) is 23.1 Å². The van der Waals surface area contributed by atoms with Crippen LogP contribution in [0.5, 0.6) is 0 Å². The molecular weight excluding hydrogens is 264 g/mol. The first-order chi connectivity index (χ1) is 10.3. The highest BCUT2D eigenvalue weighted by Gasteiger charge is 2.13. The minimum absolute atomic E-state index is 0.151. The minimum Gasteiger partial charge on any atom is -0.465 e. The highest BCUT2D eigenvalue weighted by Crippen LogP contribution is 2.16. The molecule has 3 rings (SSSR count). The van der Waals surface area contributed by atoms with Crippen molar-refractivity contribution < 1.29 is 4.42 Å². The lowest BCUT2D eigenvalue weighted by Gasteiger charge is -2.18. The Morgan fingerprint density at radius 3 is 2.71 bits per heavy atom. The molecule has 108 valence electrons. The molecule has 0 bridgehead atoms. The largest absolute Gasteiger partial charge is 0.465 e. The fourth-order valence-corrected chi connectivity index (χ4v) is 2.29. The molecule has 1 aromatic carbocycles. The van der Waals surface area contributed by atoms with E-state index in [0.717, 1.165) is 18.1 Å². The Morgan fingerprint density at radius 2 is 2.05 bits per heavy atom. The van der Waals surface area contributed by atoms with Gasteiger partial charge in [-0.25, -0.2) is 4.98 Å². The predicted octanol–water partition coefficient (Wildman–Crippen LogP) is 2.71. The molecule has 0 aliphatic rings. The van der Waals surface area contributed by atoms with Crippen LogP contribution in [-0.4, -0.2) is 14.8 Å². The zero-order chi connectivity index (χ0) is 14.5. The van der Waals surface area contributed by atoms with Gasteiger partial charge in [0.1, 0.15) is 24.2 Å². The summed E-state index contributed by atoms with van der Waals surface area (Å²) in [6, 6.07) is 14.5. The van der Waals surface area contributed by atoms with Crippen molar-refractivity contribution in [3.63, 3.8) is 0 Å².